The molecule has 2 atom stereocenters. The Morgan fingerprint density at radius 3 is 2.59 bits per heavy atom. The van der Waals surface area contributed by atoms with Crippen LogP contribution in [0.25, 0.3) is 0 Å². The summed E-state index contributed by atoms with van der Waals surface area (Å²) < 4.78 is 0. The molecule has 4 heteroatoms. The van der Waals surface area contributed by atoms with Crippen LogP contribution in [-0.2, 0) is 0 Å². The van der Waals surface area contributed by atoms with Crippen LogP contribution in [0.3, 0.4) is 0 Å². The van der Waals surface area contributed by atoms with Crippen LogP contribution >= 0.6 is 0 Å². The van der Waals surface area contributed by atoms with Crippen LogP contribution < -0.4 is 10.6 Å². The molecule has 2 fully saturated rings. The molecule has 0 aliphatic carbocycles. The molecule has 0 aromatic carbocycles. The third-order valence-electron chi connectivity index (χ3n) is 3.98. The lowest BCUT2D eigenvalue weighted by Crippen LogP contribution is -2.45. The normalized spacial score (nSPS) is 31.9. The summed E-state index contributed by atoms with van der Waals surface area (Å²) in [4.78, 5) is 6.82. The van der Waals surface area contributed by atoms with E-state index in [4.69, 9.17) is 5.73 Å². The molecule has 3 heterocycles. The summed E-state index contributed by atoms with van der Waals surface area (Å²) in [6.07, 6.45) is 5.73. The standard InChI is InChI=1S/C13H19N3O/c1-8-4-12(14)13(15-7-8)16-9-2-3-10(16)6-11(17)5-9/h4,7,9-11,17H,2-3,5-6,14H2,1H3. The number of aryl methyl sites for hydroxylation is 1. The summed E-state index contributed by atoms with van der Waals surface area (Å²) in [5, 5.41) is 9.79. The predicted molar refractivity (Wildman–Crippen MR) is 67.9 cm³/mol. The maximum absolute atomic E-state index is 9.79. The zero-order valence-electron chi connectivity index (χ0n) is 10.1. The highest BCUT2D eigenvalue weighted by Crippen LogP contribution is 2.40. The number of nitrogens with zero attached hydrogens (tertiary/aromatic N) is 2. The van der Waals surface area contributed by atoms with Crippen LogP contribution in [0.4, 0.5) is 11.5 Å². The van der Waals surface area contributed by atoms with E-state index in [1.54, 1.807) is 0 Å². The first-order valence-corrected chi connectivity index (χ1v) is 6.33. The van der Waals surface area contributed by atoms with Gasteiger partial charge in [0.1, 0.15) is 0 Å². The summed E-state index contributed by atoms with van der Waals surface area (Å²) in [5.41, 5.74) is 7.93. The number of aliphatic hydroxyl groups excluding tert-OH is 1. The number of nitrogens with two attached hydrogens (primary N) is 1. The van der Waals surface area contributed by atoms with E-state index in [2.05, 4.69) is 9.88 Å². The molecule has 2 aliphatic rings. The lowest BCUT2D eigenvalue weighted by Gasteiger charge is -2.38. The van der Waals surface area contributed by atoms with Crippen molar-refractivity contribution in [3.63, 3.8) is 0 Å². The zero-order chi connectivity index (χ0) is 12.0. The smallest absolute Gasteiger partial charge is 0.152 e. The van der Waals surface area contributed by atoms with Crippen molar-refractivity contribution in [1.29, 1.82) is 0 Å². The average Bonchev–Trinajstić information content (AvgIpc) is 2.53. The summed E-state index contributed by atoms with van der Waals surface area (Å²) in [5.74, 6) is 0.912. The molecule has 3 N–H and O–H groups in total. The van der Waals surface area contributed by atoms with Crippen LogP contribution in [0, 0.1) is 6.92 Å². The van der Waals surface area contributed by atoms with Gasteiger partial charge in [0.25, 0.3) is 0 Å². The maximum atomic E-state index is 9.79. The van der Waals surface area contributed by atoms with E-state index in [1.807, 2.05) is 19.2 Å². The first-order valence-electron chi connectivity index (χ1n) is 6.33. The topological polar surface area (TPSA) is 62.4 Å². The van der Waals surface area contributed by atoms with E-state index in [1.165, 1.54) is 0 Å². The molecule has 0 radical (unpaired) electrons. The highest BCUT2D eigenvalue weighted by Gasteiger charge is 2.41. The largest absolute Gasteiger partial charge is 0.396 e. The Balaban J connectivity index is 1.94. The maximum Gasteiger partial charge on any atom is 0.152 e. The lowest BCUT2D eigenvalue weighted by molar-refractivity contribution is 0.126. The number of fused-ring (bicyclic) bond motifs is 2. The first-order chi connectivity index (χ1) is 8.15. The van der Waals surface area contributed by atoms with Crippen molar-refractivity contribution < 1.29 is 5.11 Å². The Kier molecular flexibility index (Phi) is 2.47. The van der Waals surface area contributed by atoms with Gasteiger partial charge in [0.15, 0.2) is 5.82 Å². The minimum absolute atomic E-state index is 0.143. The Labute approximate surface area is 101 Å². The van der Waals surface area contributed by atoms with Crippen molar-refractivity contribution in [3.8, 4) is 0 Å². The second kappa shape index (κ2) is 3.88. The lowest BCUT2D eigenvalue weighted by atomic mass is 9.99. The molecule has 4 nitrogen and oxygen atoms in total. The molecule has 1 aromatic heterocycles. The van der Waals surface area contributed by atoms with Crippen LogP contribution in [0.15, 0.2) is 12.3 Å². The Morgan fingerprint density at radius 1 is 1.35 bits per heavy atom. The van der Waals surface area contributed by atoms with Crippen LogP contribution in [0.1, 0.15) is 31.2 Å². The van der Waals surface area contributed by atoms with E-state index in [-0.39, 0.29) is 6.10 Å². The molecule has 0 saturated carbocycles. The Bertz CT molecular complexity index is 421. The van der Waals surface area contributed by atoms with Crippen molar-refractivity contribution in [2.45, 2.75) is 50.8 Å². The molecule has 2 bridgehead atoms. The van der Waals surface area contributed by atoms with Gasteiger partial charge in [-0.1, -0.05) is 0 Å². The Morgan fingerprint density at radius 2 is 2.00 bits per heavy atom. The Hall–Kier alpha value is -1.29. The molecule has 3 rings (SSSR count). The molecule has 2 unspecified atom stereocenters. The van der Waals surface area contributed by atoms with Gasteiger partial charge in [-0.25, -0.2) is 4.98 Å². The van der Waals surface area contributed by atoms with E-state index in [0.717, 1.165) is 42.8 Å². The van der Waals surface area contributed by atoms with Gasteiger partial charge in [-0.05, 0) is 44.2 Å². The molecule has 92 valence electrons. The second-order valence-corrected chi connectivity index (χ2v) is 5.34. The average molecular weight is 233 g/mol. The molecular formula is C13H19N3O. The summed E-state index contributed by atoms with van der Waals surface area (Å²) >= 11 is 0. The highest BCUT2D eigenvalue weighted by atomic mass is 16.3. The van der Waals surface area contributed by atoms with Crippen molar-refractivity contribution in [3.05, 3.63) is 17.8 Å². The van der Waals surface area contributed by atoms with Crippen molar-refractivity contribution in [2.24, 2.45) is 0 Å². The number of piperidine rings is 1. The molecule has 2 aliphatic heterocycles. The number of anilines is 2. The molecule has 0 spiro atoms. The van der Waals surface area contributed by atoms with Crippen LogP contribution in [0.2, 0.25) is 0 Å². The number of hydrogen-bond donors (Lipinski definition) is 2. The van der Waals surface area contributed by atoms with Gasteiger partial charge in [0.05, 0.1) is 11.8 Å². The van der Waals surface area contributed by atoms with E-state index in [0.29, 0.717) is 12.1 Å². The summed E-state index contributed by atoms with van der Waals surface area (Å²) in [7, 11) is 0. The van der Waals surface area contributed by atoms with E-state index < -0.39 is 0 Å². The van der Waals surface area contributed by atoms with E-state index >= 15 is 0 Å². The van der Waals surface area contributed by atoms with Crippen molar-refractivity contribution >= 4 is 11.5 Å². The third kappa shape index (κ3) is 1.76. The van der Waals surface area contributed by atoms with Crippen LogP contribution in [0.5, 0.6) is 0 Å². The predicted octanol–water partition coefficient (Wildman–Crippen LogP) is 1.46. The number of aliphatic hydroxyl groups is 1. The number of pyridine rings is 1. The van der Waals surface area contributed by atoms with Gasteiger partial charge < -0.3 is 15.7 Å². The monoisotopic (exact) mass is 233 g/mol. The van der Waals surface area contributed by atoms with Gasteiger partial charge >= 0.3 is 0 Å². The van der Waals surface area contributed by atoms with Gasteiger partial charge in [-0.2, -0.15) is 0 Å². The number of nitrogen functional groups attached to an aromatic ring is 1. The highest BCUT2D eigenvalue weighted by molar-refractivity contribution is 5.65. The molecule has 0 amide bonds. The zero-order valence-corrected chi connectivity index (χ0v) is 10.1. The first kappa shape index (κ1) is 10.8. The van der Waals surface area contributed by atoms with Gasteiger partial charge in [-0.15, -0.1) is 0 Å². The van der Waals surface area contributed by atoms with Crippen molar-refractivity contribution in [1.82, 2.24) is 4.98 Å². The molecular weight excluding hydrogens is 214 g/mol. The fraction of sp³-hybridized carbons (Fsp3) is 0.615. The molecule has 2 saturated heterocycles. The molecule has 1 aromatic rings. The van der Waals surface area contributed by atoms with Gasteiger partial charge in [0, 0.05) is 18.3 Å². The van der Waals surface area contributed by atoms with Gasteiger partial charge in [-0.3, -0.25) is 0 Å². The molecule has 17 heavy (non-hydrogen) atoms. The summed E-state index contributed by atoms with van der Waals surface area (Å²) in [6, 6.07) is 2.81. The quantitative estimate of drug-likeness (QED) is 0.771. The fourth-order valence-corrected chi connectivity index (χ4v) is 3.29. The third-order valence-corrected chi connectivity index (χ3v) is 3.98. The second-order valence-electron chi connectivity index (χ2n) is 5.34. The van der Waals surface area contributed by atoms with E-state index in [9.17, 15) is 5.11 Å². The van der Waals surface area contributed by atoms with Crippen molar-refractivity contribution in [2.75, 3.05) is 10.6 Å². The number of aromatic nitrogens is 1. The summed E-state index contributed by atoms with van der Waals surface area (Å²) in [6.45, 7) is 2.00. The number of hydrogen-bond acceptors (Lipinski definition) is 4. The number of rotatable bonds is 1. The minimum Gasteiger partial charge on any atom is -0.396 e. The minimum atomic E-state index is -0.143. The van der Waals surface area contributed by atoms with Crippen LogP contribution in [-0.4, -0.2) is 28.3 Å². The van der Waals surface area contributed by atoms with Gasteiger partial charge in [0.2, 0.25) is 0 Å². The fourth-order valence-electron chi connectivity index (χ4n) is 3.29. The SMILES string of the molecule is Cc1cnc(N2C3CCC2CC(O)C3)c(N)c1.